The molecular weight excluding hydrogens is 490 g/mol. The molecule has 1 aliphatic heterocycles. The number of amides is 1. The maximum absolute atomic E-state index is 13.6. The number of carbonyl (C=O) groups excluding carboxylic acids is 2. The van der Waals surface area contributed by atoms with Crippen LogP contribution in [-0.2, 0) is 9.59 Å². The van der Waals surface area contributed by atoms with Crippen molar-refractivity contribution in [3.05, 3.63) is 83.4 Å². The lowest BCUT2D eigenvalue weighted by Gasteiger charge is -2.24. The second kappa shape index (κ2) is 9.59. The van der Waals surface area contributed by atoms with Crippen molar-refractivity contribution in [1.82, 2.24) is 4.98 Å². The SMILES string of the molecule is COc1cccc(OC)c1/C(O)=C1\C(=O)C(=O)N(c2nc3ccccc3s2)C1c1ccc(N(C)C)cc1. The average molecular weight is 516 g/mol. The minimum absolute atomic E-state index is 0.0651. The number of nitrogens with zero attached hydrogens (tertiary/aromatic N) is 3. The molecule has 1 unspecified atom stereocenters. The summed E-state index contributed by atoms with van der Waals surface area (Å²) in [6.07, 6.45) is 0. The molecule has 1 atom stereocenters. The molecule has 1 aliphatic rings. The lowest BCUT2D eigenvalue weighted by atomic mass is 9.94. The zero-order valence-corrected chi connectivity index (χ0v) is 21.6. The Labute approximate surface area is 218 Å². The number of hydrogen-bond donors (Lipinski definition) is 1. The highest BCUT2D eigenvalue weighted by molar-refractivity contribution is 7.22. The first-order valence-corrected chi connectivity index (χ1v) is 12.3. The fraction of sp³-hybridized carbons (Fsp3) is 0.179. The van der Waals surface area contributed by atoms with Crippen molar-refractivity contribution in [1.29, 1.82) is 0 Å². The van der Waals surface area contributed by atoms with Gasteiger partial charge in [-0.3, -0.25) is 14.5 Å². The van der Waals surface area contributed by atoms with Gasteiger partial charge in [-0.1, -0.05) is 41.7 Å². The number of benzene rings is 3. The standard InChI is InChI=1S/C28H25N3O5S/c1-30(2)17-14-12-16(13-15-17)24-23(25(32)22-19(35-3)9-7-10-20(22)36-4)26(33)27(34)31(24)28-29-18-8-5-6-11-21(18)37-28/h5-15,24,32H,1-4H3/b25-23+. The van der Waals surface area contributed by atoms with E-state index in [1.165, 1.54) is 30.5 Å². The van der Waals surface area contributed by atoms with Gasteiger partial charge in [0.25, 0.3) is 5.78 Å². The third kappa shape index (κ3) is 4.07. The van der Waals surface area contributed by atoms with E-state index in [0.717, 1.165) is 15.9 Å². The molecule has 4 aromatic rings. The topological polar surface area (TPSA) is 92.2 Å². The zero-order valence-electron chi connectivity index (χ0n) is 20.8. The molecule has 0 radical (unpaired) electrons. The van der Waals surface area contributed by atoms with E-state index >= 15 is 0 Å². The number of para-hydroxylation sites is 1. The zero-order chi connectivity index (χ0) is 26.3. The minimum atomic E-state index is -0.911. The van der Waals surface area contributed by atoms with Gasteiger partial charge in [0.05, 0.1) is 36.1 Å². The second-order valence-corrected chi connectivity index (χ2v) is 9.67. The lowest BCUT2D eigenvalue weighted by Crippen LogP contribution is -2.29. The monoisotopic (exact) mass is 515 g/mol. The van der Waals surface area contributed by atoms with E-state index < -0.39 is 17.7 Å². The van der Waals surface area contributed by atoms with Gasteiger partial charge in [-0.2, -0.15) is 0 Å². The molecule has 9 heteroatoms. The molecule has 2 heterocycles. The normalized spacial score (nSPS) is 16.9. The van der Waals surface area contributed by atoms with Crippen molar-refractivity contribution in [3.63, 3.8) is 0 Å². The Hall–Kier alpha value is -4.37. The number of aliphatic hydroxyl groups excluding tert-OH is 1. The Kier molecular flexibility index (Phi) is 6.31. The Morgan fingerprint density at radius 2 is 1.59 bits per heavy atom. The van der Waals surface area contributed by atoms with Crippen LogP contribution in [0.5, 0.6) is 11.5 Å². The maximum Gasteiger partial charge on any atom is 0.301 e. The Morgan fingerprint density at radius 3 is 2.19 bits per heavy atom. The number of hydrogen-bond acceptors (Lipinski definition) is 8. The summed E-state index contributed by atoms with van der Waals surface area (Å²) in [4.78, 5) is 35.0. The first kappa shape index (κ1) is 24.3. The van der Waals surface area contributed by atoms with Crippen LogP contribution >= 0.6 is 11.3 Å². The van der Waals surface area contributed by atoms with Crippen molar-refractivity contribution >= 4 is 49.8 Å². The molecule has 0 aliphatic carbocycles. The molecule has 5 rings (SSSR count). The molecule has 0 bridgehead atoms. The van der Waals surface area contributed by atoms with Gasteiger partial charge in [0, 0.05) is 19.8 Å². The van der Waals surface area contributed by atoms with Gasteiger partial charge in [0.1, 0.15) is 22.8 Å². The predicted molar refractivity (Wildman–Crippen MR) is 145 cm³/mol. The molecule has 37 heavy (non-hydrogen) atoms. The number of ether oxygens (including phenoxy) is 2. The highest BCUT2D eigenvalue weighted by Gasteiger charge is 2.48. The highest BCUT2D eigenvalue weighted by atomic mass is 32.1. The summed E-state index contributed by atoms with van der Waals surface area (Å²) in [7, 11) is 6.78. The van der Waals surface area contributed by atoms with E-state index in [9.17, 15) is 14.7 Å². The number of aromatic nitrogens is 1. The number of thiazole rings is 1. The smallest absolute Gasteiger partial charge is 0.301 e. The Morgan fingerprint density at radius 1 is 0.946 bits per heavy atom. The molecule has 1 aromatic heterocycles. The van der Waals surface area contributed by atoms with Gasteiger partial charge in [-0.15, -0.1) is 0 Å². The summed E-state index contributed by atoms with van der Waals surface area (Å²) < 4.78 is 11.8. The van der Waals surface area contributed by atoms with Gasteiger partial charge >= 0.3 is 5.91 Å². The summed E-state index contributed by atoms with van der Waals surface area (Å²) >= 11 is 1.31. The summed E-state index contributed by atoms with van der Waals surface area (Å²) in [6.45, 7) is 0. The van der Waals surface area contributed by atoms with Crippen molar-refractivity contribution in [3.8, 4) is 11.5 Å². The van der Waals surface area contributed by atoms with Gasteiger partial charge in [0.15, 0.2) is 5.13 Å². The van der Waals surface area contributed by atoms with Crippen LogP contribution in [0.4, 0.5) is 10.8 Å². The van der Waals surface area contributed by atoms with E-state index in [1.807, 2.05) is 67.5 Å². The van der Waals surface area contributed by atoms with Crippen LogP contribution < -0.4 is 19.3 Å². The first-order valence-electron chi connectivity index (χ1n) is 11.5. The number of carbonyl (C=O) groups is 2. The molecule has 1 N–H and O–H groups in total. The van der Waals surface area contributed by atoms with Gasteiger partial charge in [-0.05, 0) is 42.0 Å². The van der Waals surface area contributed by atoms with Crippen LogP contribution in [-0.4, -0.2) is 50.1 Å². The number of aliphatic hydroxyl groups is 1. The Bertz CT molecular complexity index is 1490. The van der Waals surface area contributed by atoms with Crippen molar-refractivity contribution < 1.29 is 24.2 Å². The van der Waals surface area contributed by atoms with Crippen LogP contribution in [0.1, 0.15) is 17.2 Å². The molecule has 0 saturated carbocycles. The number of Topliss-reactive ketones (excluding diaryl/α,β-unsaturated/α-hetero) is 1. The van der Waals surface area contributed by atoms with Crippen LogP contribution in [0.3, 0.4) is 0 Å². The van der Waals surface area contributed by atoms with Crippen molar-refractivity contribution in [2.75, 3.05) is 38.1 Å². The summed E-state index contributed by atoms with van der Waals surface area (Å²) in [5.74, 6) is -1.34. The van der Waals surface area contributed by atoms with E-state index in [4.69, 9.17) is 9.47 Å². The van der Waals surface area contributed by atoms with Gasteiger partial charge in [0.2, 0.25) is 0 Å². The predicted octanol–water partition coefficient (Wildman–Crippen LogP) is 5.01. The molecule has 1 fully saturated rings. The molecule has 0 spiro atoms. The molecule has 1 saturated heterocycles. The summed E-state index contributed by atoms with van der Waals surface area (Å²) in [5, 5.41) is 12.0. The van der Waals surface area contributed by atoms with Crippen molar-refractivity contribution in [2.45, 2.75) is 6.04 Å². The van der Waals surface area contributed by atoms with E-state index in [-0.39, 0.29) is 16.9 Å². The molecule has 1 amide bonds. The maximum atomic E-state index is 13.6. The molecular formula is C28H25N3O5S. The van der Waals surface area contributed by atoms with Crippen molar-refractivity contribution in [2.24, 2.45) is 0 Å². The van der Waals surface area contributed by atoms with E-state index in [2.05, 4.69) is 4.98 Å². The quantitative estimate of drug-likeness (QED) is 0.219. The van der Waals surface area contributed by atoms with E-state index in [1.54, 1.807) is 18.2 Å². The van der Waals surface area contributed by atoms with E-state index in [0.29, 0.717) is 22.2 Å². The average Bonchev–Trinajstić information content (AvgIpc) is 3.46. The van der Waals surface area contributed by atoms with Crippen LogP contribution in [0.25, 0.3) is 16.0 Å². The first-order chi connectivity index (χ1) is 17.8. The number of anilines is 2. The minimum Gasteiger partial charge on any atom is -0.506 e. The molecule has 3 aromatic carbocycles. The fourth-order valence-electron chi connectivity index (χ4n) is 4.48. The lowest BCUT2D eigenvalue weighted by molar-refractivity contribution is -0.132. The highest BCUT2D eigenvalue weighted by Crippen LogP contribution is 2.46. The molecule has 188 valence electrons. The summed E-state index contributed by atoms with van der Waals surface area (Å²) in [6, 6.07) is 19.1. The van der Waals surface area contributed by atoms with Gasteiger partial charge < -0.3 is 19.5 Å². The number of fused-ring (bicyclic) bond motifs is 1. The van der Waals surface area contributed by atoms with Crippen LogP contribution in [0.2, 0.25) is 0 Å². The number of ketones is 1. The fourth-order valence-corrected chi connectivity index (χ4v) is 5.47. The largest absolute Gasteiger partial charge is 0.506 e. The van der Waals surface area contributed by atoms with Gasteiger partial charge in [-0.25, -0.2) is 4.98 Å². The molecule has 8 nitrogen and oxygen atoms in total. The third-order valence-corrected chi connectivity index (χ3v) is 7.36. The number of methoxy groups -OCH3 is 2. The van der Waals surface area contributed by atoms with Crippen LogP contribution in [0.15, 0.2) is 72.3 Å². The Balaban J connectivity index is 1.77. The van der Waals surface area contributed by atoms with Crippen LogP contribution in [0, 0.1) is 0 Å². The third-order valence-electron chi connectivity index (χ3n) is 6.32. The summed E-state index contributed by atoms with van der Waals surface area (Å²) in [5.41, 5.74) is 2.46. The second-order valence-electron chi connectivity index (χ2n) is 8.66. The number of rotatable bonds is 6.